The molecule has 4 N–H and O–H groups in total. The van der Waals surface area contributed by atoms with Crippen LogP contribution in [0, 0.1) is 0 Å². The second-order valence-corrected chi connectivity index (χ2v) is 1.85. The minimum absolute atomic E-state index is 0. The summed E-state index contributed by atoms with van der Waals surface area (Å²) in [5, 5.41) is 0. The predicted octanol–water partition coefficient (Wildman–Crippen LogP) is -2.18. The monoisotopic (exact) mass is 188 g/mol. The van der Waals surface area contributed by atoms with Crippen molar-refractivity contribution in [2.45, 2.75) is 0 Å². The summed E-state index contributed by atoms with van der Waals surface area (Å²) < 4.78 is 31.9. The molecular weight excluding hydrogens is 184 g/mol. The molecule has 0 fully saturated rings. The molecule has 7 heteroatoms. The van der Waals surface area contributed by atoms with Crippen LogP contribution in [0.15, 0.2) is 0 Å². The zero-order valence-corrected chi connectivity index (χ0v) is 5.58. The van der Waals surface area contributed by atoms with E-state index in [4.69, 9.17) is 15.9 Å². The van der Waals surface area contributed by atoms with E-state index >= 15 is 0 Å². The predicted molar refractivity (Wildman–Crippen MR) is 9.42 cm³/mol. The molecule has 0 unspecified atom stereocenters. The van der Waals surface area contributed by atoms with Gasteiger partial charge in [-0.1, -0.05) is 0 Å². The molecule has 5 nitrogen and oxygen atoms in total. The second-order valence-electron chi connectivity index (χ2n) is 0.448. The molecule has 7 heavy (non-hydrogen) atoms. The van der Waals surface area contributed by atoms with E-state index in [1.54, 1.807) is 0 Å². The van der Waals surface area contributed by atoms with Crippen LogP contribution in [0.4, 0.5) is 0 Å². The Labute approximate surface area is 52.8 Å². The fourth-order valence-electron chi connectivity index (χ4n) is 0. The number of hydrogen-bond acceptors (Lipinski definition) is 2. The van der Waals surface area contributed by atoms with Crippen molar-refractivity contribution >= 4 is 0 Å². The Balaban J connectivity index is -0.0000000800. The van der Waals surface area contributed by atoms with Gasteiger partial charge in [0.15, 0.2) is 0 Å². The van der Waals surface area contributed by atoms with Crippen molar-refractivity contribution in [1.29, 1.82) is 0 Å². The van der Waals surface area contributed by atoms with Crippen LogP contribution in [0.2, 0.25) is 0 Å². The van der Waals surface area contributed by atoms with Crippen LogP contribution < -0.4 is 0 Å². The molecule has 0 aromatic rings. The summed E-state index contributed by atoms with van der Waals surface area (Å²) in [5.74, 6) is 0. The van der Waals surface area contributed by atoms with Crippen molar-refractivity contribution in [3.63, 3.8) is 0 Å². The third-order valence-electron chi connectivity index (χ3n) is 0. The first kappa shape index (κ1) is 15.6. The Bertz CT molecular complexity index is 89.2. The van der Waals surface area contributed by atoms with E-state index in [-0.39, 0.29) is 22.8 Å². The van der Waals surface area contributed by atoms with Crippen LogP contribution in [0.1, 0.15) is 0 Å². The van der Waals surface area contributed by atoms with Gasteiger partial charge in [0.1, 0.15) is 0 Å². The van der Waals surface area contributed by atoms with E-state index in [0.29, 0.717) is 0 Å². The Morgan fingerprint density at radius 1 is 1.14 bits per heavy atom. The zero-order chi connectivity index (χ0) is 4.50. The first-order valence-corrected chi connectivity index (χ1v) is 2.88. The molecule has 0 aromatic carbocycles. The number of rotatable bonds is 0. The van der Waals surface area contributed by atoms with E-state index in [1.807, 2.05) is 0 Å². The molecule has 0 rings (SSSR count). The summed E-state index contributed by atoms with van der Waals surface area (Å²) in [7, 11) is 0. The first-order valence-electron chi connectivity index (χ1n) is 0.698. The average molecular weight is 188 g/mol. The van der Waals surface area contributed by atoms with E-state index in [2.05, 4.69) is 0 Å². The fraction of sp³-hybridized carbons (Fsp3) is 0. The van der Waals surface area contributed by atoms with Gasteiger partial charge in [-0.15, -0.1) is 0 Å². The Morgan fingerprint density at radius 2 is 1.14 bits per heavy atom. The Morgan fingerprint density at radius 3 is 1.14 bits per heavy atom. The van der Waals surface area contributed by atoms with Gasteiger partial charge in [0.25, 0.3) is 0 Å². The van der Waals surface area contributed by atoms with Crippen LogP contribution in [-0.2, 0) is 38.6 Å². The normalized spacial score (nSPS) is 8.29. The van der Waals surface area contributed by atoms with Gasteiger partial charge in [0.2, 0.25) is 0 Å². The van der Waals surface area contributed by atoms with Crippen LogP contribution in [0.3, 0.4) is 0 Å². The maximum absolute atomic E-state index is 8.82. The molecule has 0 bridgehead atoms. The molecule has 0 aromatic heterocycles. The van der Waals surface area contributed by atoms with Crippen LogP contribution >= 0.6 is 0 Å². The van der Waals surface area contributed by atoms with Crippen LogP contribution in [-0.4, -0.2) is 13.8 Å². The SMILES string of the molecule is O.[Cr].[O]=[Cr](=[O])([OH])[OH]. The van der Waals surface area contributed by atoms with Crippen molar-refractivity contribution in [2.75, 3.05) is 0 Å². The average Bonchev–Trinajstić information content (AvgIpc) is 0.722. The summed E-state index contributed by atoms with van der Waals surface area (Å²) in [6.45, 7) is 0. The Hall–Kier alpha value is 0.545. The molecule has 0 amide bonds. The molecule has 0 aliphatic rings. The van der Waals surface area contributed by atoms with E-state index in [9.17, 15) is 0 Å². The first-order chi connectivity index (χ1) is 2.00. The third kappa shape index (κ3) is 455. The van der Waals surface area contributed by atoms with Gasteiger partial charge in [0, 0.05) is 17.4 Å². The third-order valence-corrected chi connectivity index (χ3v) is 0. The van der Waals surface area contributed by atoms with Gasteiger partial charge >= 0.3 is 29.5 Å². The van der Waals surface area contributed by atoms with E-state index in [0.717, 1.165) is 0 Å². The number of hydrogen-bond donors (Lipinski definition) is 2. The maximum atomic E-state index is 8.82. The van der Waals surface area contributed by atoms with Crippen LogP contribution in [0.25, 0.3) is 0 Å². The van der Waals surface area contributed by atoms with Crippen molar-refractivity contribution in [2.24, 2.45) is 0 Å². The zero-order valence-electron chi connectivity index (χ0n) is 3.03. The van der Waals surface area contributed by atoms with Gasteiger partial charge < -0.3 is 5.48 Å². The van der Waals surface area contributed by atoms with E-state index < -0.39 is 13.6 Å². The quantitative estimate of drug-likeness (QED) is 0.450. The van der Waals surface area contributed by atoms with Gasteiger partial charge in [0.05, 0.1) is 0 Å². The van der Waals surface area contributed by atoms with Gasteiger partial charge in [-0.2, -0.15) is 0 Å². The van der Waals surface area contributed by atoms with Crippen molar-refractivity contribution in [3.8, 4) is 0 Å². The summed E-state index contributed by atoms with van der Waals surface area (Å²) in [5.41, 5.74) is 0. The molecule has 0 atom stereocenters. The molecule has 0 saturated carbocycles. The second kappa shape index (κ2) is 4.70. The van der Waals surface area contributed by atoms with Gasteiger partial charge in [-0.3, -0.25) is 0 Å². The molecule has 0 spiro atoms. The molecule has 0 heterocycles. The molecular formula is H4Cr2O5. The fourth-order valence-corrected chi connectivity index (χ4v) is 0. The van der Waals surface area contributed by atoms with Crippen LogP contribution in [0.5, 0.6) is 0 Å². The topological polar surface area (TPSA) is 106 Å². The summed E-state index contributed by atoms with van der Waals surface area (Å²) >= 11 is -5.25. The van der Waals surface area contributed by atoms with Gasteiger partial charge in [-0.25, -0.2) is 0 Å². The van der Waals surface area contributed by atoms with Crippen molar-refractivity contribution in [1.82, 2.24) is 0 Å². The standard InChI is InChI=1S/2Cr.3H2O.2O/h;;3*1H2;;/q;+2;;;;;/p-2. The summed E-state index contributed by atoms with van der Waals surface area (Å²) in [6.07, 6.45) is 0. The Kier molecular flexibility index (Phi) is 10.5. The molecule has 0 aliphatic heterocycles. The summed E-state index contributed by atoms with van der Waals surface area (Å²) in [6, 6.07) is 0. The molecule has 0 saturated heterocycles. The van der Waals surface area contributed by atoms with Crippen molar-refractivity contribution < 1.29 is 52.4 Å². The van der Waals surface area contributed by atoms with Gasteiger partial charge in [-0.05, 0) is 0 Å². The molecule has 46 valence electrons. The van der Waals surface area contributed by atoms with Crippen molar-refractivity contribution in [3.05, 3.63) is 0 Å². The summed E-state index contributed by atoms with van der Waals surface area (Å²) in [4.78, 5) is 0. The minimum atomic E-state index is -5.25. The van der Waals surface area contributed by atoms with E-state index in [1.165, 1.54) is 0 Å². The molecule has 0 aliphatic carbocycles. The molecule has 0 radical (unpaired) electrons.